The van der Waals surface area contributed by atoms with E-state index >= 15 is 0 Å². The molecule has 3 heteroatoms. The lowest BCUT2D eigenvalue weighted by Gasteiger charge is -2.34. The zero-order valence-corrected chi connectivity index (χ0v) is 23.6. The minimum absolute atomic E-state index is 0.0455. The lowest BCUT2D eigenvalue weighted by Crippen LogP contribution is -2.28. The van der Waals surface area contributed by atoms with E-state index < -0.39 is 5.60 Å². The van der Waals surface area contributed by atoms with Gasteiger partial charge in [-0.3, -0.25) is 4.79 Å². The largest absolute Gasteiger partial charge is 0.463 e. The normalized spacial score (nSPS) is 12.0. The first-order valence-corrected chi connectivity index (χ1v) is 13.8. The number of carbonyl (C=O) groups is 1. The van der Waals surface area contributed by atoms with Crippen molar-refractivity contribution >= 4 is 6.47 Å². The van der Waals surface area contributed by atoms with Crippen molar-refractivity contribution in [3.8, 4) is 11.1 Å². The molecule has 0 aliphatic rings. The molecular formula is C34H44O3. The Morgan fingerprint density at radius 2 is 1.38 bits per heavy atom. The molecule has 0 bridgehead atoms. The van der Waals surface area contributed by atoms with Gasteiger partial charge in [-0.2, -0.15) is 0 Å². The molecule has 0 heterocycles. The standard InChI is InChI=1S/C34H44O3/c1-7-33(36,8-2)20-19-28-15-16-30(21-25(28)5)34(9-3,10-4)31-17-18-32(26(6)22-31)29-13-11-27(12-14-29)23-37-24-35/h11-18,21-22,24,36H,7-10,19-20,23H2,1-6H3. The molecule has 0 amide bonds. The number of rotatable bonds is 13. The van der Waals surface area contributed by atoms with Crippen molar-refractivity contribution in [1.82, 2.24) is 0 Å². The molecule has 0 aliphatic heterocycles. The minimum atomic E-state index is -0.565. The predicted octanol–water partition coefficient (Wildman–Crippen LogP) is 8.23. The smallest absolute Gasteiger partial charge is 0.293 e. The molecule has 3 nitrogen and oxygen atoms in total. The molecule has 37 heavy (non-hydrogen) atoms. The van der Waals surface area contributed by atoms with Crippen LogP contribution in [0.5, 0.6) is 0 Å². The van der Waals surface area contributed by atoms with Gasteiger partial charge in [0.25, 0.3) is 6.47 Å². The summed E-state index contributed by atoms with van der Waals surface area (Å²) in [5, 5.41) is 10.8. The second-order valence-electron chi connectivity index (χ2n) is 10.5. The van der Waals surface area contributed by atoms with Gasteiger partial charge in [-0.15, -0.1) is 0 Å². The highest BCUT2D eigenvalue weighted by atomic mass is 16.5. The van der Waals surface area contributed by atoms with Gasteiger partial charge >= 0.3 is 0 Å². The number of hydrogen-bond donors (Lipinski definition) is 1. The molecule has 0 saturated carbocycles. The zero-order chi connectivity index (χ0) is 27.1. The number of aliphatic hydroxyl groups is 1. The number of ether oxygens (including phenoxy) is 1. The third-order valence-corrected chi connectivity index (χ3v) is 8.64. The van der Waals surface area contributed by atoms with Gasteiger partial charge in [-0.1, -0.05) is 88.4 Å². The summed E-state index contributed by atoms with van der Waals surface area (Å²) in [6, 6.07) is 22.1. The quantitative estimate of drug-likeness (QED) is 0.240. The van der Waals surface area contributed by atoms with Crippen molar-refractivity contribution in [2.45, 2.75) is 97.7 Å². The topological polar surface area (TPSA) is 46.5 Å². The van der Waals surface area contributed by atoms with Crippen LogP contribution in [0.4, 0.5) is 0 Å². The fourth-order valence-electron chi connectivity index (χ4n) is 5.67. The van der Waals surface area contributed by atoms with Gasteiger partial charge in [0.2, 0.25) is 0 Å². The Morgan fingerprint density at radius 1 is 0.784 bits per heavy atom. The fraction of sp³-hybridized carbons (Fsp3) is 0.441. The van der Waals surface area contributed by atoms with E-state index in [2.05, 4.69) is 90.1 Å². The Labute approximate surface area is 223 Å². The minimum Gasteiger partial charge on any atom is -0.463 e. The van der Waals surface area contributed by atoms with Crippen molar-refractivity contribution in [2.24, 2.45) is 0 Å². The lowest BCUT2D eigenvalue weighted by molar-refractivity contribution is -0.129. The number of aryl methyl sites for hydroxylation is 3. The Balaban J connectivity index is 1.90. The van der Waals surface area contributed by atoms with Crippen LogP contribution in [0.15, 0.2) is 60.7 Å². The van der Waals surface area contributed by atoms with E-state index in [0.717, 1.165) is 49.7 Å². The highest BCUT2D eigenvalue weighted by molar-refractivity contribution is 5.68. The van der Waals surface area contributed by atoms with Crippen LogP contribution in [0.1, 0.15) is 93.2 Å². The van der Waals surface area contributed by atoms with E-state index in [0.29, 0.717) is 13.1 Å². The molecule has 0 aliphatic carbocycles. The number of carbonyl (C=O) groups excluding carboxylic acids is 1. The second-order valence-corrected chi connectivity index (χ2v) is 10.5. The highest BCUT2D eigenvalue weighted by Crippen LogP contribution is 2.41. The molecule has 0 radical (unpaired) electrons. The van der Waals surface area contributed by atoms with Crippen LogP contribution < -0.4 is 0 Å². The van der Waals surface area contributed by atoms with E-state index in [1.54, 1.807) is 0 Å². The van der Waals surface area contributed by atoms with Gasteiger partial charge in [0.15, 0.2) is 0 Å². The number of hydrogen-bond acceptors (Lipinski definition) is 3. The maximum atomic E-state index is 10.8. The summed E-state index contributed by atoms with van der Waals surface area (Å²) in [5.41, 5.74) is 9.38. The fourth-order valence-corrected chi connectivity index (χ4v) is 5.67. The van der Waals surface area contributed by atoms with Crippen molar-refractivity contribution in [3.63, 3.8) is 0 Å². The highest BCUT2D eigenvalue weighted by Gasteiger charge is 2.31. The molecule has 198 valence electrons. The maximum Gasteiger partial charge on any atom is 0.293 e. The molecule has 0 aromatic heterocycles. The van der Waals surface area contributed by atoms with Crippen molar-refractivity contribution in [1.29, 1.82) is 0 Å². The van der Waals surface area contributed by atoms with Crippen LogP contribution in [-0.4, -0.2) is 17.2 Å². The van der Waals surface area contributed by atoms with Crippen molar-refractivity contribution in [2.75, 3.05) is 0 Å². The summed E-state index contributed by atoms with van der Waals surface area (Å²) in [6.07, 6.45) is 5.35. The predicted molar refractivity (Wildman–Crippen MR) is 154 cm³/mol. The van der Waals surface area contributed by atoms with E-state index in [1.807, 2.05) is 12.1 Å². The van der Waals surface area contributed by atoms with Crippen LogP contribution in [-0.2, 0) is 28.0 Å². The molecule has 0 unspecified atom stereocenters. The van der Waals surface area contributed by atoms with Gasteiger partial charge in [-0.05, 0) is 96.9 Å². The summed E-state index contributed by atoms with van der Waals surface area (Å²) in [5.74, 6) is 0. The van der Waals surface area contributed by atoms with Crippen LogP contribution >= 0.6 is 0 Å². The van der Waals surface area contributed by atoms with Crippen molar-refractivity contribution in [3.05, 3.63) is 94.0 Å². The van der Waals surface area contributed by atoms with Crippen LogP contribution in [0.25, 0.3) is 11.1 Å². The monoisotopic (exact) mass is 500 g/mol. The molecule has 0 fully saturated rings. The molecule has 0 spiro atoms. The van der Waals surface area contributed by atoms with Gasteiger partial charge in [-0.25, -0.2) is 0 Å². The molecular weight excluding hydrogens is 456 g/mol. The molecule has 3 rings (SSSR count). The van der Waals surface area contributed by atoms with Gasteiger partial charge in [0, 0.05) is 5.41 Å². The zero-order valence-electron chi connectivity index (χ0n) is 23.6. The SMILES string of the molecule is CCC(O)(CC)CCc1ccc(C(CC)(CC)c2ccc(-c3ccc(COC=O)cc3)c(C)c2)cc1C. The van der Waals surface area contributed by atoms with Crippen LogP contribution in [0.3, 0.4) is 0 Å². The van der Waals surface area contributed by atoms with Gasteiger partial charge < -0.3 is 9.84 Å². The number of benzene rings is 3. The molecule has 0 saturated heterocycles. The Kier molecular flexibility index (Phi) is 9.73. The summed E-state index contributed by atoms with van der Waals surface area (Å²) in [6.45, 7) is 13.9. The van der Waals surface area contributed by atoms with Crippen LogP contribution in [0, 0.1) is 13.8 Å². The summed E-state index contributed by atoms with van der Waals surface area (Å²) in [7, 11) is 0. The molecule has 1 N–H and O–H groups in total. The summed E-state index contributed by atoms with van der Waals surface area (Å²) >= 11 is 0. The average molecular weight is 501 g/mol. The Morgan fingerprint density at radius 3 is 1.89 bits per heavy atom. The van der Waals surface area contributed by atoms with E-state index in [4.69, 9.17) is 4.74 Å². The van der Waals surface area contributed by atoms with Crippen molar-refractivity contribution < 1.29 is 14.6 Å². The third-order valence-electron chi connectivity index (χ3n) is 8.64. The van der Waals surface area contributed by atoms with Gasteiger partial charge in [0.1, 0.15) is 6.61 Å². The average Bonchev–Trinajstić information content (AvgIpc) is 2.92. The summed E-state index contributed by atoms with van der Waals surface area (Å²) in [4.78, 5) is 10.5. The molecule has 3 aromatic rings. The second kappa shape index (κ2) is 12.6. The molecule has 0 atom stereocenters. The van der Waals surface area contributed by atoms with E-state index in [1.165, 1.54) is 33.4 Å². The lowest BCUT2D eigenvalue weighted by atomic mass is 9.69. The first-order valence-electron chi connectivity index (χ1n) is 13.8. The third kappa shape index (κ3) is 6.33. The van der Waals surface area contributed by atoms with Crippen LogP contribution in [0.2, 0.25) is 0 Å². The molecule has 3 aromatic carbocycles. The Hall–Kier alpha value is -2.91. The van der Waals surface area contributed by atoms with Gasteiger partial charge in [0.05, 0.1) is 5.60 Å². The summed E-state index contributed by atoms with van der Waals surface area (Å²) < 4.78 is 4.87. The first kappa shape index (κ1) is 28.7. The van der Waals surface area contributed by atoms with E-state index in [-0.39, 0.29) is 5.41 Å². The van der Waals surface area contributed by atoms with E-state index in [9.17, 15) is 9.90 Å². The Bertz CT molecular complexity index is 1170. The maximum absolute atomic E-state index is 10.8. The first-order chi connectivity index (χ1) is 17.8.